The highest BCUT2D eigenvalue weighted by molar-refractivity contribution is 4.98. The predicted octanol–water partition coefficient (Wildman–Crippen LogP) is 0.605. The van der Waals surface area contributed by atoms with Gasteiger partial charge in [0.15, 0.2) is 0 Å². The first-order valence-corrected chi connectivity index (χ1v) is 6.09. The van der Waals surface area contributed by atoms with Crippen molar-refractivity contribution in [2.45, 2.75) is 12.8 Å². The van der Waals surface area contributed by atoms with Crippen LogP contribution in [0.3, 0.4) is 0 Å². The van der Waals surface area contributed by atoms with Crippen LogP contribution in [0, 0.1) is 0 Å². The van der Waals surface area contributed by atoms with E-state index in [4.69, 9.17) is 9.47 Å². The quantitative estimate of drug-likeness (QED) is 0.610. The van der Waals surface area contributed by atoms with Crippen molar-refractivity contribution in [2.75, 3.05) is 40.0 Å². The van der Waals surface area contributed by atoms with Crippen molar-refractivity contribution in [1.29, 1.82) is 0 Å². The largest absolute Gasteiger partial charge is 0.382 e. The summed E-state index contributed by atoms with van der Waals surface area (Å²) in [6, 6.07) is 2.05. The fourth-order valence-corrected chi connectivity index (χ4v) is 1.48. The Bertz CT molecular complexity index is 289. The van der Waals surface area contributed by atoms with Crippen molar-refractivity contribution in [3.05, 3.63) is 18.0 Å². The summed E-state index contributed by atoms with van der Waals surface area (Å²) in [5.74, 6) is 0. The van der Waals surface area contributed by atoms with Crippen molar-refractivity contribution in [1.82, 2.24) is 15.1 Å². The topological polar surface area (TPSA) is 48.3 Å². The van der Waals surface area contributed by atoms with Crippen LogP contribution in [0.5, 0.6) is 0 Å². The zero-order chi connectivity index (χ0) is 12.3. The molecule has 0 aliphatic rings. The highest BCUT2D eigenvalue weighted by atomic mass is 16.5. The molecule has 0 spiro atoms. The second-order valence-corrected chi connectivity index (χ2v) is 3.94. The number of aryl methyl sites for hydroxylation is 1. The lowest BCUT2D eigenvalue weighted by atomic mass is 10.3. The Morgan fingerprint density at radius 1 is 1.29 bits per heavy atom. The Labute approximate surface area is 103 Å². The first-order valence-electron chi connectivity index (χ1n) is 6.09. The smallest absolute Gasteiger partial charge is 0.0700 e. The van der Waals surface area contributed by atoms with Gasteiger partial charge in [-0.25, -0.2) is 0 Å². The molecule has 0 aliphatic heterocycles. The lowest BCUT2D eigenvalue weighted by Crippen LogP contribution is -2.20. The van der Waals surface area contributed by atoms with Gasteiger partial charge in [0.2, 0.25) is 0 Å². The number of nitrogens with one attached hydrogen (secondary N) is 1. The zero-order valence-corrected chi connectivity index (χ0v) is 10.8. The van der Waals surface area contributed by atoms with E-state index in [0.717, 1.165) is 38.2 Å². The third-order valence-corrected chi connectivity index (χ3v) is 2.40. The summed E-state index contributed by atoms with van der Waals surface area (Å²) in [7, 11) is 3.62. The lowest BCUT2D eigenvalue weighted by Gasteiger charge is -2.04. The molecule has 98 valence electrons. The maximum atomic E-state index is 5.36. The van der Waals surface area contributed by atoms with Gasteiger partial charge in [0.05, 0.1) is 18.9 Å². The maximum Gasteiger partial charge on any atom is 0.0700 e. The summed E-state index contributed by atoms with van der Waals surface area (Å²) in [5.41, 5.74) is 1.14. The zero-order valence-electron chi connectivity index (χ0n) is 10.8. The molecule has 1 heterocycles. The molecule has 0 unspecified atom stereocenters. The summed E-state index contributed by atoms with van der Waals surface area (Å²) >= 11 is 0. The summed E-state index contributed by atoms with van der Waals surface area (Å²) in [6.07, 6.45) is 3.98. The number of nitrogens with zero attached hydrogens (tertiary/aromatic N) is 2. The molecular weight excluding hydrogens is 218 g/mol. The minimum atomic E-state index is 0.674. The van der Waals surface area contributed by atoms with Crippen LogP contribution < -0.4 is 5.32 Å². The predicted molar refractivity (Wildman–Crippen MR) is 67.1 cm³/mol. The molecule has 5 nitrogen and oxygen atoms in total. The van der Waals surface area contributed by atoms with Gasteiger partial charge in [-0.2, -0.15) is 5.10 Å². The fourth-order valence-electron chi connectivity index (χ4n) is 1.48. The van der Waals surface area contributed by atoms with E-state index >= 15 is 0 Å². The van der Waals surface area contributed by atoms with Gasteiger partial charge < -0.3 is 14.8 Å². The Morgan fingerprint density at radius 3 is 2.88 bits per heavy atom. The van der Waals surface area contributed by atoms with Gasteiger partial charge in [0, 0.05) is 39.9 Å². The number of hydrogen-bond acceptors (Lipinski definition) is 4. The second kappa shape index (κ2) is 9.15. The van der Waals surface area contributed by atoms with E-state index in [-0.39, 0.29) is 0 Å². The van der Waals surface area contributed by atoms with Crippen LogP contribution in [0.4, 0.5) is 0 Å². The molecule has 0 atom stereocenters. The molecule has 0 bridgehead atoms. The summed E-state index contributed by atoms with van der Waals surface area (Å²) < 4.78 is 12.1. The number of ether oxygens (including phenoxy) is 2. The van der Waals surface area contributed by atoms with Crippen molar-refractivity contribution in [3.63, 3.8) is 0 Å². The first-order chi connectivity index (χ1) is 8.33. The number of aromatic nitrogens is 2. The third-order valence-electron chi connectivity index (χ3n) is 2.40. The normalized spacial score (nSPS) is 10.9. The van der Waals surface area contributed by atoms with Gasteiger partial charge in [-0.1, -0.05) is 0 Å². The maximum absolute atomic E-state index is 5.36. The summed E-state index contributed by atoms with van der Waals surface area (Å²) in [5, 5.41) is 7.69. The van der Waals surface area contributed by atoms with Crippen LogP contribution in [-0.2, 0) is 22.9 Å². The molecule has 1 N–H and O–H groups in total. The minimum absolute atomic E-state index is 0.674. The highest BCUT2D eigenvalue weighted by Gasteiger charge is 1.96. The van der Waals surface area contributed by atoms with Crippen LogP contribution in [0.1, 0.15) is 12.1 Å². The molecule has 0 saturated heterocycles. The number of rotatable bonds is 10. The van der Waals surface area contributed by atoms with Gasteiger partial charge >= 0.3 is 0 Å². The van der Waals surface area contributed by atoms with Crippen LogP contribution in [-0.4, -0.2) is 49.8 Å². The standard InChI is InChI=1S/C12H23N3O2/c1-15-8-5-12(14-15)4-7-13-6-3-9-17-11-10-16-2/h5,8,13H,3-4,6-7,9-11H2,1-2H3. The average molecular weight is 241 g/mol. The molecule has 1 aromatic heterocycles. The van der Waals surface area contributed by atoms with E-state index in [0.29, 0.717) is 13.2 Å². The molecule has 1 aromatic rings. The molecular formula is C12H23N3O2. The molecule has 0 radical (unpaired) electrons. The van der Waals surface area contributed by atoms with Gasteiger partial charge in [0.1, 0.15) is 0 Å². The van der Waals surface area contributed by atoms with Crippen LogP contribution in [0.25, 0.3) is 0 Å². The summed E-state index contributed by atoms with van der Waals surface area (Å²) in [6.45, 7) is 4.10. The molecule has 1 rings (SSSR count). The van der Waals surface area contributed by atoms with Gasteiger partial charge in [-0.05, 0) is 19.0 Å². The van der Waals surface area contributed by atoms with Crippen LogP contribution in [0.15, 0.2) is 12.3 Å². The van der Waals surface area contributed by atoms with Gasteiger partial charge in [0.25, 0.3) is 0 Å². The first kappa shape index (κ1) is 14.2. The van der Waals surface area contributed by atoms with Crippen molar-refractivity contribution >= 4 is 0 Å². The Kier molecular flexibility index (Phi) is 7.62. The van der Waals surface area contributed by atoms with Crippen LogP contribution >= 0.6 is 0 Å². The molecule has 0 amide bonds. The van der Waals surface area contributed by atoms with E-state index < -0.39 is 0 Å². The van der Waals surface area contributed by atoms with Crippen LogP contribution in [0.2, 0.25) is 0 Å². The monoisotopic (exact) mass is 241 g/mol. The highest BCUT2D eigenvalue weighted by Crippen LogP contribution is 1.93. The Morgan fingerprint density at radius 2 is 2.18 bits per heavy atom. The average Bonchev–Trinajstić information content (AvgIpc) is 2.73. The van der Waals surface area contributed by atoms with E-state index in [1.54, 1.807) is 7.11 Å². The van der Waals surface area contributed by atoms with Crippen molar-refractivity contribution in [3.8, 4) is 0 Å². The molecule has 5 heteroatoms. The molecule has 0 aliphatic carbocycles. The van der Waals surface area contributed by atoms with Gasteiger partial charge in [-0.3, -0.25) is 4.68 Å². The second-order valence-electron chi connectivity index (χ2n) is 3.94. The van der Waals surface area contributed by atoms with E-state index in [1.807, 2.05) is 17.9 Å². The van der Waals surface area contributed by atoms with Crippen molar-refractivity contribution < 1.29 is 9.47 Å². The molecule has 0 aromatic carbocycles. The summed E-state index contributed by atoms with van der Waals surface area (Å²) in [4.78, 5) is 0. The Balaban J connectivity index is 1.84. The lowest BCUT2D eigenvalue weighted by molar-refractivity contribution is 0.0695. The fraction of sp³-hybridized carbons (Fsp3) is 0.750. The number of methoxy groups -OCH3 is 1. The molecule has 0 saturated carbocycles. The third kappa shape index (κ3) is 7.10. The van der Waals surface area contributed by atoms with E-state index in [9.17, 15) is 0 Å². The number of hydrogen-bond donors (Lipinski definition) is 1. The molecule has 17 heavy (non-hydrogen) atoms. The minimum Gasteiger partial charge on any atom is -0.382 e. The van der Waals surface area contributed by atoms with Gasteiger partial charge in [-0.15, -0.1) is 0 Å². The van der Waals surface area contributed by atoms with E-state index in [1.165, 1.54) is 0 Å². The Hall–Kier alpha value is -0.910. The van der Waals surface area contributed by atoms with Crippen molar-refractivity contribution in [2.24, 2.45) is 7.05 Å². The molecule has 0 fully saturated rings. The SMILES string of the molecule is COCCOCCCNCCc1ccn(C)n1. The van der Waals surface area contributed by atoms with E-state index in [2.05, 4.69) is 16.5 Å².